The molecule has 0 bridgehead atoms. The molecule has 46 heavy (non-hydrogen) atoms. The smallest absolute Gasteiger partial charge is 0.410 e. The van der Waals surface area contributed by atoms with Gasteiger partial charge in [-0.05, 0) is 81.8 Å². The van der Waals surface area contributed by atoms with Gasteiger partial charge < -0.3 is 14.7 Å². The molecular formula is C33H32FN7O5. The molecule has 0 unspecified atom stereocenters. The number of fused-ring (bicyclic) bond motifs is 2. The molecule has 0 radical (unpaired) electrons. The number of anilines is 1. The number of hydrogen-bond donors (Lipinski definition) is 1. The summed E-state index contributed by atoms with van der Waals surface area (Å²) in [6.45, 7) is 7.93. The third-order valence-corrected chi connectivity index (χ3v) is 7.78. The van der Waals surface area contributed by atoms with E-state index in [0.717, 1.165) is 22.4 Å². The van der Waals surface area contributed by atoms with Crippen LogP contribution in [-0.2, 0) is 4.74 Å². The number of ether oxygens (including phenoxy) is 1. The second kappa shape index (κ2) is 11.8. The maximum atomic E-state index is 16.0. The first-order chi connectivity index (χ1) is 21.9. The molecule has 6 rings (SSSR count). The third kappa shape index (κ3) is 5.83. The van der Waals surface area contributed by atoms with Gasteiger partial charge in [0.1, 0.15) is 22.8 Å². The number of carbonyl (C=O) groups excluding carboxylic acids is 2. The zero-order chi connectivity index (χ0) is 32.7. The normalized spacial score (nSPS) is 15.2. The van der Waals surface area contributed by atoms with Crippen LogP contribution in [0.5, 0.6) is 0 Å². The number of aryl methyl sites for hydroxylation is 1. The molecule has 0 aliphatic carbocycles. The SMILES string of the molecule is Cc1cccc2ccnc(N(C(=O)c3ccc(-n4nnc5ccc(C(=O)O)nc54)cc3F)[C@@H]3CCCN(C(=O)OC(C)(C)C)C3)c12. The molecule has 1 saturated heterocycles. The van der Waals surface area contributed by atoms with Crippen LogP contribution < -0.4 is 4.90 Å². The fourth-order valence-corrected chi connectivity index (χ4v) is 5.71. The van der Waals surface area contributed by atoms with Gasteiger partial charge >= 0.3 is 12.1 Å². The number of piperidine rings is 1. The number of benzene rings is 2. The van der Waals surface area contributed by atoms with Crippen molar-refractivity contribution in [1.82, 2.24) is 29.9 Å². The number of aromatic nitrogens is 5. The highest BCUT2D eigenvalue weighted by atomic mass is 19.1. The van der Waals surface area contributed by atoms with Crippen molar-refractivity contribution in [3.8, 4) is 5.69 Å². The maximum absolute atomic E-state index is 16.0. The van der Waals surface area contributed by atoms with Gasteiger partial charge in [0, 0.05) is 30.7 Å². The Kier molecular flexibility index (Phi) is 7.84. The van der Waals surface area contributed by atoms with Gasteiger partial charge in [0.15, 0.2) is 11.3 Å². The Labute approximate surface area is 263 Å². The molecule has 3 aromatic heterocycles. The molecule has 1 aliphatic rings. The Hall–Kier alpha value is -5.46. The summed E-state index contributed by atoms with van der Waals surface area (Å²) in [5, 5.41) is 19.0. The quantitative estimate of drug-likeness (QED) is 0.266. The molecule has 2 amide bonds. The van der Waals surface area contributed by atoms with Crippen LogP contribution >= 0.6 is 0 Å². The number of hydrogen-bond acceptors (Lipinski definition) is 8. The van der Waals surface area contributed by atoms with Gasteiger partial charge in [-0.25, -0.2) is 23.9 Å². The van der Waals surface area contributed by atoms with Crippen molar-refractivity contribution in [1.29, 1.82) is 0 Å². The minimum atomic E-state index is -1.23. The van der Waals surface area contributed by atoms with E-state index in [1.807, 2.05) is 31.2 Å². The second-order valence-electron chi connectivity index (χ2n) is 12.2. The Balaban J connectivity index is 1.41. The first kappa shape index (κ1) is 30.6. The summed E-state index contributed by atoms with van der Waals surface area (Å²) in [6.07, 6.45) is 2.28. The van der Waals surface area contributed by atoms with Gasteiger partial charge in [-0.3, -0.25) is 9.69 Å². The lowest BCUT2D eigenvalue weighted by molar-refractivity contribution is 0.0195. The van der Waals surface area contributed by atoms with Crippen molar-refractivity contribution < 1.29 is 28.6 Å². The minimum absolute atomic E-state index is 0.125. The molecule has 1 fully saturated rings. The topological polar surface area (TPSA) is 144 Å². The van der Waals surface area contributed by atoms with E-state index in [0.29, 0.717) is 30.7 Å². The standard InChI is InChI=1S/C33H32FN7O5/c1-19-7-5-8-20-14-15-35-29(27(19)20)40(22-9-6-16-39(18-22)32(45)46-33(2,3)4)30(42)23-11-10-21(17-24(23)34)41-28-25(37-38-41)12-13-26(36-28)31(43)44/h5,7-8,10-15,17,22H,6,9,16,18H2,1-4H3,(H,43,44)/t22-/m1/s1. The van der Waals surface area contributed by atoms with Gasteiger partial charge in [0.2, 0.25) is 0 Å². The number of pyridine rings is 2. The number of likely N-dealkylation sites (tertiary alicyclic amines) is 1. The average molecular weight is 626 g/mol. The Morgan fingerprint density at radius 1 is 1.09 bits per heavy atom. The van der Waals surface area contributed by atoms with E-state index >= 15 is 4.39 Å². The largest absolute Gasteiger partial charge is 0.477 e. The van der Waals surface area contributed by atoms with Crippen LogP contribution in [0.15, 0.2) is 60.8 Å². The van der Waals surface area contributed by atoms with E-state index in [1.54, 1.807) is 31.9 Å². The Morgan fingerprint density at radius 3 is 2.63 bits per heavy atom. The zero-order valence-electron chi connectivity index (χ0n) is 25.8. The fourth-order valence-electron chi connectivity index (χ4n) is 5.71. The monoisotopic (exact) mass is 625 g/mol. The van der Waals surface area contributed by atoms with E-state index in [4.69, 9.17) is 4.74 Å². The van der Waals surface area contributed by atoms with Gasteiger partial charge in [0.05, 0.1) is 17.3 Å². The molecule has 5 aromatic rings. The Morgan fingerprint density at radius 2 is 1.89 bits per heavy atom. The van der Waals surface area contributed by atoms with E-state index < -0.39 is 35.4 Å². The number of carboxylic acid groups (broad SMARTS) is 1. The van der Waals surface area contributed by atoms with Crippen molar-refractivity contribution in [3.63, 3.8) is 0 Å². The molecule has 13 heteroatoms. The summed E-state index contributed by atoms with van der Waals surface area (Å²) in [5.74, 6) is -2.32. The number of amides is 2. The van der Waals surface area contributed by atoms with Crippen LogP contribution in [0, 0.1) is 12.7 Å². The van der Waals surface area contributed by atoms with Gasteiger partial charge in [-0.2, -0.15) is 4.68 Å². The molecule has 2 aromatic carbocycles. The lowest BCUT2D eigenvalue weighted by Gasteiger charge is -2.39. The van der Waals surface area contributed by atoms with Gasteiger partial charge in [-0.1, -0.05) is 23.4 Å². The maximum Gasteiger partial charge on any atom is 0.410 e. The summed E-state index contributed by atoms with van der Waals surface area (Å²) in [5.41, 5.74) is 0.407. The molecule has 236 valence electrons. The van der Waals surface area contributed by atoms with Crippen molar-refractivity contribution in [2.75, 3.05) is 18.0 Å². The number of halogens is 1. The summed E-state index contributed by atoms with van der Waals surface area (Å²) in [6, 6.07) is 13.8. The minimum Gasteiger partial charge on any atom is -0.477 e. The summed E-state index contributed by atoms with van der Waals surface area (Å²) >= 11 is 0. The summed E-state index contributed by atoms with van der Waals surface area (Å²) in [4.78, 5) is 50.8. The first-order valence-electron chi connectivity index (χ1n) is 14.8. The predicted molar refractivity (Wildman–Crippen MR) is 168 cm³/mol. The Bertz CT molecular complexity index is 2000. The van der Waals surface area contributed by atoms with E-state index in [1.165, 1.54) is 33.8 Å². The number of rotatable bonds is 5. The second-order valence-corrected chi connectivity index (χ2v) is 12.2. The van der Waals surface area contributed by atoms with E-state index in [9.17, 15) is 19.5 Å². The summed E-state index contributed by atoms with van der Waals surface area (Å²) in [7, 11) is 0. The van der Waals surface area contributed by atoms with Crippen LogP contribution in [0.25, 0.3) is 27.6 Å². The molecule has 0 saturated carbocycles. The van der Waals surface area contributed by atoms with Gasteiger partial charge in [0.25, 0.3) is 5.91 Å². The molecular weight excluding hydrogens is 593 g/mol. The highest BCUT2D eigenvalue weighted by Gasteiger charge is 2.36. The van der Waals surface area contributed by atoms with Crippen LogP contribution in [0.4, 0.5) is 15.0 Å². The number of carbonyl (C=O) groups is 3. The molecule has 0 spiro atoms. The molecule has 4 heterocycles. The molecule has 1 aliphatic heterocycles. The first-order valence-corrected chi connectivity index (χ1v) is 14.8. The highest BCUT2D eigenvalue weighted by molar-refractivity contribution is 6.11. The summed E-state index contributed by atoms with van der Waals surface area (Å²) < 4.78 is 22.8. The molecule has 1 N–H and O–H groups in total. The van der Waals surface area contributed by atoms with Crippen molar-refractivity contribution in [3.05, 3.63) is 83.4 Å². The van der Waals surface area contributed by atoms with Crippen LogP contribution in [0.2, 0.25) is 0 Å². The van der Waals surface area contributed by atoms with E-state index in [-0.39, 0.29) is 29.1 Å². The van der Waals surface area contributed by atoms with Gasteiger partial charge in [-0.15, -0.1) is 5.10 Å². The lowest BCUT2D eigenvalue weighted by atomic mass is 10.00. The zero-order valence-corrected chi connectivity index (χ0v) is 25.8. The fraction of sp³-hybridized carbons (Fsp3) is 0.303. The van der Waals surface area contributed by atoms with Crippen LogP contribution in [0.3, 0.4) is 0 Å². The lowest BCUT2D eigenvalue weighted by Crippen LogP contribution is -2.53. The number of aromatic carboxylic acids is 1. The molecule has 1 atom stereocenters. The van der Waals surface area contributed by atoms with Crippen molar-refractivity contribution in [2.45, 2.75) is 52.2 Å². The molecule has 12 nitrogen and oxygen atoms in total. The number of carboxylic acids is 1. The van der Waals surface area contributed by atoms with E-state index in [2.05, 4.69) is 20.3 Å². The highest BCUT2D eigenvalue weighted by Crippen LogP contribution is 2.33. The number of nitrogens with zero attached hydrogens (tertiary/aromatic N) is 7. The van der Waals surface area contributed by atoms with Crippen molar-refractivity contribution in [2.24, 2.45) is 0 Å². The van der Waals surface area contributed by atoms with Crippen LogP contribution in [0.1, 0.15) is 60.0 Å². The van der Waals surface area contributed by atoms with Crippen molar-refractivity contribution >= 4 is 45.7 Å². The average Bonchev–Trinajstić information content (AvgIpc) is 3.44. The third-order valence-electron chi connectivity index (χ3n) is 7.78. The van der Waals surface area contributed by atoms with Crippen LogP contribution in [-0.4, -0.2) is 77.7 Å². The predicted octanol–water partition coefficient (Wildman–Crippen LogP) is 5.56.